The van der Waals surface area contributed by atoms with Gasteiger partial charge in [-0.25, -0.2) is 0 Å². The summed E-state index contributed by atoms with van der Waals surface area (Å²) in [5.74, 6) is 0. The van der Waals surface area contributed by atoms with Gasteiger partial charge in [-0.15, -0.1) is 0 Å². The Kier molecular flexibility index (Phi) is 5.93. The first-order chi connectivity index (χ1) is 13.9. The molecule has 4 aromatic rings. The van der Waals surface area contributed by atoms with E-state index in [2.05, 4.69) is 16.1 Å². The lowest BCUT2D eigenvalue weighted by Crippen LogP contribution is -2.23. The van der Waals surface area contributed by atoms with Crippen LogP contribution in [0.4, 0.5) is 5.69 Å². The van der Waals surface area contributed by atoms with E-state index in [1.54, 1.807) is 4.68 Å². The first-order valence-corrected chi connectivity index (χ1v) is 10.5. The Morgan fingerprint density at radius 1 is 0.793 bits per heavy atom. The maximum Gasteiger partial charge on any atom is 0.0924 e. The molecule has 0 saturated carbocycles. The van der Waals surface area contributed by atoms with Crippen LogP contribution < -0.4 is 4.90 Å². The molecule has 0 fully saturated rings. The highest BCUT2D eigenvalue weighted by Crippen LogP contribution is 2.33. The third kappa shape index (κ3) is 4.34. The fraction of sp³-hybridized carbons (Fsp3) is 0.136. The Balaban J connectivity index is 1.79. The minimum absolute atomic E-state index is 0.506. The monoisotopic (exact) mass is 463 g/mol. The molecule has 0 amide bonds. The molecule has 148 valence electrons. The SMILES string of the molecule is Cn1cc2cc(N(Cc3c(Cl)cccc3Cl)Cc3c(Cl)cccc3Cl)ccc2n1. The molecule has 29 heavy (non-hydrogen) atoms. The van der Waals surface area contributed by atoms with Crippen LogP contribution in [-0.2, 0) is 20.1 Å². The highest BCUT2D eigenvalue weighted by atomic mass is 35.5. The van der Waals surface area contributed by atoms with E-state index in [0.717, 1.165) is 27.7 Å². The fourth-order valence-corrected chi connectivity index (χ4v) is 4.35. The van der Waals surface area contributed by atoms with E-state index in [1.807, 2.05) is 61.8 Å². The Labute approximate surface area is 189 Å². The molecule has 0 bridgehead atoms. The number of benzene rings is 3. The number of rotatable bonds is 5. The molecule has 4 rings (SSSR count). The average molecular weight is 465 g/mol. The Morgan fingerprint density at radius 2 is 1.31 bits per heavy atom. The van der Waals surface area contributed by atoms with Crippen LogP contribution in [0.2, 0.25) is 20.1 Å². The van der Waals surface area contributed by atoms with Crippen molar-refractivity contribution >= 4 is 63.0 Å². The summed E-state index contributed by atoms with van der Waals surface area (Å²) in [6.45, 7) is 1.01. The van der Waals surface area contributed by atoms with Crippen LogP contribution in [-0.4, -0.2) is 9.78 Å². The lowest BCUT2D eigenvalue weighted by Gasteiger charge is -2.27. The van der Waals surface area contributed by atoms with Gasteiger partial charge in [-0.2, -0.15) is 5.10 Å². The zero-order valence-corrected chi connectivity index (χ0v) is 18.6. The summed E-state index contributed by atoms with van der Waals surface area (Å²) in [5, 5.41) is 7.98. The molecule has 0 atom stereocenters. The molecule has 1 aromatic heterocycles. The predicted molar refractivity (Wildman–Crippen MR) is 124 cm³/mol. The van der Waals surface area contributed by atoms with Crippen molar-refractivity contribution in [1.82, 2.24) is 9.78 Å². The third-order valence-electron chi connectivity index (χ3n) is 4.79. The van der Waals surface area contributed by atoms with Crippen LogP contribution in [0, 0.1) is 0 Å². The van der Waals surface area contributed by atoms with Crippen LogP contribution in [0.15, 0.2) is 60.8 Å². The normalized spacial score (nSPS) is 11.2. The second-order valence-corrected chi connectivity index (χ2v) is 8.43. The van der Waals surface area contributed by atoms with Crippen LogP contribution in [0.3, 0.4) is 0 Å². The topological polar surface area (TPSA) is 21.1 Å². The molecule has 3 nitrogen and oxygen atoms in total. The molecule has 0 unspecified atom stereocenters. The van der Waals surface area contributed by atoms with Gasteiger partial charge in [0.25, 0.3) is 0 Å². The van der Waals surface area contributed by atoms with E-state index in [9.17, 15) is 0 Å². The lowest BCUT2D eigenvalue weighted by molar-refractivity contribution is 0.780. The number of aromatic nitrogens is 2. The zero-order valence-electron chi connectivity index (χ0n) is 15.5. The smallest absolute Gasteiger partial charge is 0.0924 e. The van der Waals surface area contributed by atoms with Crippen molar-refractivity contribution in [3.05, 3.63) is 92.0 Å². The third-order valence-corrected chi connectivity index (χ3v) is 6.21. The largest absolute Gasteiger partial charge is 0.363 e. The van der Waals surface area contributed by atoms with Gasteiger partial charge in [0.1, 0.15) is 0 Å². The molecule has 0 saturated heterocycles. The highest BCUT2D eigenvalue weighted by Gasteiger charge is 2.17. The molecule has 7 heteroatoms. The summed E-state index contributed by atoms with van der Waals surface area (Å²) < 4.78 is 1.80. The summed E-state index contributed by atoms with van der Waals surface area (Å²) in [7, 11) is 1.91. The molecule has 0 radical (unpaired) electrons. The van der Waals surface area contributed by atoms with Crippen molar-refractivity contribution < 1.29 is 0 Å². The second kappa shape index (κ2) is 8.45. The lowest BCUT2D eigenvalue weighted by atomic mass is 10.1. The van der Waals surface area contributed by atoms with Crippen molar-refractivity contribution in [2.24, 2.45) is 7.05 Å². The Morgan fingerprint density at radius 3 is 1.83 bits per heavy atom. The minimum atomic E-state index is 0.506. The van der Waals surface area contributed by atoms with E-state index in [4.69, 9.17) is 46.4 Å². The fourth-order valence-electron chi connectivity index (χ4n) is 3.32. The van der Waals surface area contributed by atoms with Gasteiger partial charge in [0.05, 0.1) is 5.52 Å². The number of fused-ring (bicyclic) bond motifs is 1. The van der Waals surface area contributed by atoms with Gasteiger partial charge in [0, 0.05) is 68.6 Å². The van der Waals surface area contributed by atoms with Crippen molar-refractivity contribution in [1.29, 1.82) is 0 Å². The van der Waals surface area contributed by atoms with Gasteiger partial charge < -0.3 is 4.90 Å². The summed E-state index contributed by atoms with van der Waals surface area (Å²) in [6, 6.07) is 17.2. The molecule has 0 aliphatic heterocycles. The summed E-state index contributed by atoms with van der Waals surface area (Å²) in [5.41, 5.74) is 3.64. The van der Waals surface area contributed by atoms with Gasteiger partial charge in [0.15, 0.2) is 0 Å². The predicted octanol–water partition coefficient (Wildman–Crippen LogP) is 7.39. The zero-order chi connectivity index (χ0) is 20.5. The van der Waals surface area contributed by atoms with Gasteiger partial charge in [-0.05, 0) is 42.5 Å². The Hall–Kier alpha value is -1.91. The molecular formula is C22H17Cl4N3. The molecule has 0 spiro atoms. The molecule has 0 N–H and O–H groups in total. The first-order valence-electron chi connectivity index (χ1n) is 8.96. The van der Waals surface area contributed by atoms with E-state index < -0.39 is 0 Å². The van der Waals surface area contributed by atoms with E-state index in [1.165, 1.54) is 0 Å². The van der Waals surface area contributed by atoms with Crippen molar-refractivity contribution in [2.45, 2.75) is 13.1 Å². The van der Waals surface area contributed by atoms with Gasteiger partial charge >= 0.3 is 0 Å². The maximum absolute atomic E-state index is 6.45. The number of aryl methyl sites for hydroxylation is 1. The second-order valence-electron chi connectivity index (χ2n) is 6.80. The highest BCUT2D eigenvalue weighted by molar-refractivity contribution is 6.36. The number of hydrogen-bond acceptors (Lipinski definition) is 2. The van der Waals surface area contributed by atoms with Crippen molar-refractivity contribution in [2.75, 3.05) is 4.90 Å². The van der Waals surface area contributed by atoms with Gasteiger partial charge in [-0.1, -0.05) is 58.5 Å². The quantitative estimate of drug-likeness (QED) is 0.307. The number of anilines is 1. The molecule has 0 aliphatic rings. The number of hydrogen-bond donors (Lipinski definition) is 0. The van der Waals surface area contributed by atoms with Crippen LogP contribution >= 0.6 is 46.4 Å². The van der Waals surface area contributed by atoms with E-state index in [0.29, 0.717) is 33.2 Å². The number of halogens is 4. The van der Waals surface area contributed by atoms with Crippen LogP contribution in [0.25, 0.3) is 10.9 Å². The number of nitrogens with zero attached hydrogens (tertiary/aromatic N) is 3. The first kappa shape index (κ1) is 20.4. The van der Waals surface area contributed by atoms with Crippen LogP contribution in [0.5, 0.6) is 0 Å². The summed E-state index contributed by atoms with van der Waals surface area (Å²) in [4.78, 5) is 2.16. The summed E-state index contributed by atoms with van der Waals surface area (Å²) >= 11 is 25.8. The maximum atomic E-state index is 6.45. The average Bonchev–Trinajstić information content (AvgIpc) is 3.05. The molecular weight excluding hydrogens is 448 g/mol. The molecule has 1 heterocycles. The van der Waals surface area contributed by atoms with Gasteiger partial charge in [0.2, 0.25) is 0 Å². The molecule has 0 aliphatic carbocycles. The van der Waals surface area contributed by atoms with E-state index >= 15 is 0 Å². The minimum Gasteiger partial charge on any atom is -0.363 e. The van der Waals surface area contributed by atoms with E-state index in [-0.39, 0.29) is 0 Å². The Bertz CT molecular complexity index is 1090. The summed E-state index contributed by atoms with van der Waals surface area (Å²) in [6.07, 6.45) is 1.99. The van der Waals surface area contributed by atoms with Crippen molar-refractivity contribution in [3.8, 4) is 0 Å². The van der Waals surface area contributed by atoms with Crippen molar-refractivity contribution in [3.63, 3.8) is 0 Å². The van der Waals surface area contributed by atoms with Crippen LogP contribution in [0.1, 0.15) is 11.1 Å². The standard InChI is InChI=1S/C22H17Cl4N3/c1-28-11-14-10-15(8-9-22(14)27-28)29(12-16-18(23)4-2-5-19(16)24)13-17-20(25)6-3-7-21(17)26/h2-11H,12-13H2,1H3. The van der Waals surface area contributed by atoms with Gasteiger partial charge in [-0.3, -0.25) is 4.68 Å². The molecule has 3 aromatic carbocycles.